The predicted octanol–water partition coefficient (Wildman–Crippen LogP) is 2.99. The van der Waals surface area contributed by atoms with Crippen molar-refractivity contribution in [3.63, 3.8) is 0 Å². The molecule has 4 aromatic heterocycles. The van der Waals surface area contributed by atoms with Crippen LogP contribution in [-0.2, 0) is 0 Å². The van der Waals surface area contributed by atoms with Gasteiger partial charge in [-0.1, -0.05) is 11.6 Å². The molecule has 0 saturated heterocycles. The van der Waals surface area contributed by atoms with E-state index in [2.05, 4.69) is 36.4 Å². The number of aromatic nitrogens is 5. The average Bonchev–Trinajstić information content (AvgIpc) is 3.28. The van der Waals surface area contributed by atoms with Crippen LogP contribution in [0.2, 0.25) is 5.02 Å². The Morgan fingerprint density at radius 3 is 2.76 bits per heavy atom. The van der Waals surface area contributed by atoms with Crippen molar-refractivity contribution in [3.8, 4) is 5.82 Å². The Morgan fingerprint density at radius 2 is 2.03 bits per heavy atom. The molecule has 4 heterocycles. The number of nitrogens with two attached hydrogens (primary N) is 1. The van der Waals surface area contributed by atoms with E-state index in [9.17, 15) is 9.59 Å². The highest BCUT2D eigenvalue weighted by atomic mass is 79.9. The van der Waals surface area contributed by atoms with Crippen LogP contribution in [0.25, 0.3) is 11.3 Å². The molecule has 0 unspecified atom stereocenters. The first-order chi connectivity index (χ1) is 13.9. The van der Waals surface area contributed by atoms with Crippen molar-refractivity contribution in [3.05, 3.63) is 69.3 Å². The Balaban J connectivity index is 1.81. The van der Waals surface area contributed by atoms with E-state index in [1.807, 2.05) is 0 Å². The zero-order valence-corrected chi connectivity index (χ0v) is 17.3. The molecule has 4 aromatic rings. The molecule has 9 nitrogen and oxygen atoms in total. The molecular weight excluding hydrogens is 462 g/mol. The number of carbonyl (C=O) groups is 2. The maximum Gasteiger partial charge on any atom is 0.274 e. The smallest absolute Gasteiger partial charge is 0.274 e. The van der Waals surface area contributed by atoms with E-state index in [0.29, 0.717) is 26.5 Å². The number of pyridine rings is 2. The topological polar surface area (TPSA) is 120 Å². The Kier molecular flexibility index (Phi) is 4.81. The number of nitrogens with zero attached hydrogens (tertiary/aromatic N) is 5. The molecule has 3 N–H and O–H groups in total. The van der Waals surface area contributed by atoms with Crippen molar-refractivity contribution in [1.82, 2.24) is 24.4 Å². The van der Waals surface area contributed by atoms with Crippen LogP contribution in [0.3, 0.4) is 0 Å². The second kappa shape index (κ2) is 7.30. The molecule has 0 radical (unpaired) electrons. The van der Waals surface area contributed by atoms with Gasteiger partial charge in [0.25, 0.3) is 11.8 Å². The first-order valence-electron chi connectivity index (χ1n) is 8.31. The predicted molar refractivity (Wildman–Crippen MR) is 110 cm³/mol. The number of rotatable bonds is 4. The second-order valence-corrected chi connectivity index (χ2v) is 7.33. The molecular formula is C18H13BrClN7O2. The van der Waals surface area contributed by atoms with Crippen LogP contribution in [0.1, 0.15) is 26.5 Å². The molecule has 11 heteroatoms. The Morgan fingerprint density at radius 1 is 1.24 bits per heavy atom. The van der Waals surface area contributed by atoms with E-state index < -0.39 is 11.8 Å². The number of anilines is 1. The highest BCUT2D eigenvalue weighted by Gasteiger charge is 2.23. The number of primary amides is 1. The van der Waals surface area contributed by atoms with Crippen molar-refractivity contribution in [2.45, 2.75) is 6.92 Å². The van der Waals surface area contributed by atoms with E-state index in [0.717, 1.165) is 0 Å². The van der Waals surface area contributed by atoms with E-state index in [4.69, 9.17) is 17.3 Å². The lowest BCUT2D eigenvalue weighted by Gasteiger charge is -2.14. The number of aryl methyl sites for hydroxylation is 1. The van der Waals surface area contributed by atoms with Crippen LogP contribution in [0.15, 0.2) is 47.3 Å². The summed E-state index contributed by atoms with van der Waals surface area (Å²) in [5.74, 6) is -0.957. The zero-order chi connectivity index (χ0) is 20.7. The van der Waals surface area contributed by atoms with Gasteiger partial charge in [0.1, 0.15) is 10.3 Å². The van der Waals surface area contributed by atoms with Crippen molar-refractivity contribution < 1.29 is 9.59 Å². The van der Waals surface area contributed by atoms with Gasteiger partial charge in [0, 0.05) is 12.3 Å². The number of hydrogen-bond donors (Lipinski definition) is 2. The van der Waals surface area contributed by atoms with Crippen molar-refractivity contribution in [2.75, 3.05) is 5.32 Å². The van der Waals surface area contributed by atoms with Gasteiger partial charge >= 0.3 is 0 Å². The molecule has 0 aliphatic rings. The summed E-state index contributed by atoms with van der Waals surface area (Å²) in [6, 6.07) is 8.36. The highest BCUT2D eigenvalue weighted by Crippen LogP contribution is 2.26. The monoisotopic (exact) mass is 473 g/mol. The van der Waals surface area contributed by atoms with E-state index >= 15 is 0 Å². The van der Waals surface area contributed by atoms with E-state index in [1.54, 1.807) is 43.6 Å². The second-order valence-electron chi connectivity index (χ2n) is 6.11. The number of carbonyl (C=O) groups excluding carboxylic acids is 2. The van der Waals surface area contributed by atoms with Gasteiger partial charge < -0.3 is 11.1 Å². The highest BCUT2D eigenvalue weighted by molar-refractivity contribution is 9.10. The molecule has 0 atom stereocenters. The summed E-state index contributed by atoms with van der Waals surface area (Å²) in [5, 5.41) is 11.4. The third kappa shape index (κ3) is 3.36. The van der Waals surface area contributed by atoms with Gasteiger partial charge in [-0.25, -0.2) is 14.2 Å². The Hall–Kier alpha value is -3.24. The quantitative estimate of drug-likeness (QED) is 0.471. The van der Waals surface area contributed by atoms with Crippen LogP contribution in [0.4, 0.5) is 5.69 Å². The largest absolute Gasteiger partial charge is 0.364 e. The van der Waals surface area contributed by atoms with E-state index in [-0.39, 0.29) is 17.1 Å². The van der Waals surface area contributed by atoms with Crippen molar-refractivity contribution >= 4 is 50.5 Å². The maximum absolute atomic E-state index is 13.1. The first kappa shape index (κ1) is 19.1. The minimum atomic E-state index is -0.722. The van der Waals surface area contributed by atoms with Crippen molar-refractivity contribution in [1.29, 1.82) is 0 Å². The Bertz CT molecular complexity index is 1280. The minimum absolute atomic E-state index is 0.0688. The van der Waals surface area contributed by atoms with Crippen LogP contribution in [0.5, 0.6) is 0 Å². The molecule has 0 aromatic carbocycles. The standard InChI is InChI=1S/C18H13BrClN7O2/c1-9-7-10-4-6-23-26(10)15(16(21)28)14(9)24-18(29)12-8-13(19)25-27(12)17-11(20)3-2-5-22-17/h2-8H,1H3,(H2,21,28)(H,24,29). The van der Waals surface area contributed by atoms with E-state index in [1.165, 1.54) is 15.3 Å². The summed E-state index contributed by atoms with van der Waals surface area (Å²) < 4.78 is 3.11. The molecule has 0 spiro atoms. The molecule has 146 valence electrons. The number of nitrogens with one attached hydrogen (secondary N) is 1. The molecule has 0 saturated carbocycles. The van der Waals surface area contributed by atoms with Gasteiger partial charge in [-0.2, -0.15) is 10.2 Å². The Labute approximate surface area is 177 Å². The zero-order valence-electron chi connectivity index (χ0n) is 14.9. The lowest BCUT2D eigenvalue weighted by molar-refractivity contribution is 0.0994. The molecule has 0 bridgehead atoms. The fourth-order valence-corrected chi connectivity index (χ4v) is 3.54. The summed E-state index contributed by atoms with van der Waals surface area (Å²) in [6.07, 6.45) is 3.08. The minimum Gasteiger partial charge on any atom is -0.364 e. The lowest BCUT2D eigenvalue weighted by Crippen LogP contribution is -2.24. The molecule has 29 heavy (non-hydrogen) atoms. The summed E-state index contributed by atoms with van der Waals surface area (Å²) in [4.78, 5) is 29.4. The van der Waals surface area contributed by atoms with Gasteiger partial charge in [-0.3, -0.25) is 9.59 Å². The SMILES string of the molecule is Cc1cc2ccnn2c(C(N)=O)c1NC(=O)c1cc(Br)nn1-c1ncccc1Cl. The molecule has 0 aliphatic heterocycles. The van der Waals surface area contributed by atoms with Crippen LogP contribution >= 0.6 is 27.5 Å². The number of halogens is 2. The van der Waals surface area contributed by atoms with Gasteiger partial charge in [0.2, 0.25) is 0 Å². The van der Waals surface area contributed by atoms with Crippen LogP contribution in [-0.4, -0.2) is 36.2 Å². The fourth-order valence-electron chi connectivity index (χ4n) is 2.97. The normalized spacial score (nSPS) is 11.0. The van der Waals surface area contributed by atoms with Gasteiger partial charge in [-0.15, -0.1) is 0 Å². The summed E-state index contributed by atoms with van der Waals surface area (Å²) in [5.41, 5.74) is 7.39. The maximum atomic E-state index is 13.1. The molecule has 0 aliphatic carbocycles. The number of hydrogen-bond acceptors (Lipinski definition) is 5. The number of fused-ring (bicyclic) bond motifs is 1. The molecule has 2 amide bonds. The molecule has 4 rings (SSSR count). The first-order valence-corrected chi connectivity index (χ1v) is 9.49. The summed E-state index contributed by atoms with van der Waals surface area (Å²) in [7, 11) is 0. The van der Waals surface area contributed by atoms with Gasteiger partial charge in [0.15, 0.2) is 11.5 Å². The summed E-state index contributed by atoms with van der Waals surface area (Å²) >= 11 is 9.47. The lowest BCUT2D eigenvalue weighted by atomic mass is 10.1. The third-order valence-corrected chi connectivity index (χ3v) is 4.89. The average molecular weight is 475 g/mol. The van der Waals surface area contributed by atoms with Crippen molar-refractivity contribution in [2.24, 2.45) is 5.73 Å². The molecule has 0 fully saturated rings. The van der Waals surface area contributed by atoms with Crippen LogP contribution in [0, 0.1) is 6.92 Å². The van der Waals surface area contributed by atoms with Crippen LogP contribution < -0.4 is 11.1 Å². The fraction of sp³-hybridized carbons (Fsp3) is 0.0556. The van der Waals surface area contributed by atoms with Gasteiger partial charge in [0.05, 0.1) is 22.4 Å². The third-order valence-electron chi connectivity index (χ3n) is 4.20. The van der Waals surface area contributed by atoms with Gasteiger partial charge in [-0.05, 0) is 52.7 Å². The number of amides is 2. The summed E-state index contributed by atoms with van der Waals surface area (Å²) in [6.45, 7) is 1.76.